The molecule has 0 aromatic heterocycles. The lowest BCUT2D eigenvalue weighted by atomic mass is 9.87. The van der Waals surface area contributed by atoms with Gasteiger partial charge in [0.15, 0.2) is 0 Å². The number of halogens is 3. The van der Waals surface area contributed by atoms with Crippen LogP contribution in [0.25, 0.3) is 0 Å². The zero-order valence-electron chi connectivity index (χ0n) is 9.30. The molecule has 3 N–H and O–H groups in total. The quantitative estimate of drug-likeness (QED) is 0.794. The Balaban J connectivity index is 2.26. The van der Waals surface area contributed by atoms with Gasteiger partial charge in [-0.25, -0.2) is 0 Å². The van der Waals surface area contributed by atoms with Gasteiger partial charge in [0, 0.05) is 18.5 Å². The molecule has 94 valence electrons. The van der Waals surface area contributed by atoms with Gasteiger partial charge in [-0.05, 0) is 24.6 Å². The topological polar surface area (TPSA) is 38.0 Å². The summed E-state index contributed by atoms with van der Waals surface area (Å²) in [5.41, 5.74) is 6.01. The maximum atomic E-state index is 12.6. The number of nitrogens with one attached hydrogen (secondary N) is 1. The van der Waals surface area contributed by atoms with Crippen LogP contribution >= 0.6 is 0 Å². The summed E-state index contributed by atoms with van der Waals surface area (Å²) in [6.45, 7) is 1.47. The molecule has 1 aliphatic rings. The van der Waals surface area contributed by atoms with Crippen LogP contribution in [0.1, 0.15) is 23.5 Å². The van der Waals surface area contributed by atoms with Gasteiger partial charge in [-0.1, -0.05) is 18.2 Å². The summed E-state index contributed by atoms with van der Waals surface area (Å²) in [5, 5.41) is 3.16. The van der Waals surface area contributed by atoms with Gasteiger partial charge in [-0.3, -0.25) is 0 Å². The minimum Gasteiger partial charge on any atom is -0.327 e. The second kappa shape index (κ2) is 4.66. The van der Waals surface area contributed by atoms with E-state index in [1.165, 1.54) is 12.1 Å². The van der Waals surface area contributed by atoms with Crippen molar-refractivity contribution in [1.29, 1.82) is 0 Å². The van der Waals surface area contributed by atoms with Crippen molar-refractivity contribution >= 4 is 0 Å². The van der Waals surface area contributed by atoms with E-state index in [-0.39, 0.29) is 12.0 Å². The maximum Gasteiger partial charge on any atom is 0.416 e. The molecule has 1 saturated heterocycles. The standard InChI is InChI=1S/C12H15F3N2/c13-12(14,15)9-3-1-2-8(6-9)10-7-17-5-4-11(10)16/h1-3,6,10-11,17H,4-5,7,16H2. The Morgan fingerprint density at radius 2 is 2.06 bits per heavy atom. The molecule has 1 fully saturated rings. The lowest BCUT2D eigenvalue weighted by molar-refractivity contribution is -0.137. The Morgan fingerprint density at radius 1 is 1.29 bits per heavy atom. The molecule has 0 spiro atoms. The summed E-state index contributed by atoms with van der Waals surface area (Å²) in [7, 11) is 0. The van der Waals surface area contributed by atoms with Gasteiger partial charge in [-0.2, -0.15) is 13.2 Å². The van der Waals surface area contributed by atoms with Crippen molar-refractivity contribution in [1.82, 2.24) is 5.32 Å². The van der Waals surface area contributed by atoms with E-state index in [9.17, 15) is 13.2 Å². The zero-order chi connectivity index (χ0) is 12.5. The van der Waals surface area contributed by atoms with E-state index in [1.807, 2.05) is 0 Å². The number of alkyl halides is 3. The van der Waals surface area contributed by atoms with Gasteiger partial charge < -0.3 is 11.1 Å². The molecule has 0 aliphatic carbocycles. The number of piperidine rings is 1. The number of rotatable bonds is 1. The number of benzene rings is 1. The molecule has 17 heavy (non-hydrogen) atoms. The molecular formula is C12H15F3N2. The van der Waals surface area contributed by atoms with Gasteiger partial charge in [0.05, 0.1) is 5.56 Å². The van der Waals surface area contributed by atoms with E-state index in [0.29, 0.717) is 12.1 Å². The van der Waals surface area contributed by atoms with E-state index in [0.717, 1.165) is 19.0 Å². The molecule has 0 bridgehead atoms. The maximum absolute atomic E-state index is 12.6. The molecular weight excluding hydrogens is 229 g/mol. The highest BCUT2D eigenvalue weighted by Gasteiger charge is 2.32. The number of hydrogen-bond acceptors (Lipinski definition) is 2. The average molecular weight is 244 g/mol. The third-order valence-corrected chi connectivity index (χ3v) is 3.18. The molecule has 1 heterocycles. The van der Waals surface area contributed by atoms with Crippen molar-refractivity contribution in [3.8, 4) is 0 Å². The van der Waals surface area contributed by atoms with Crippen LogP contribution in [0.2, 0.25) is 0 Å². The fourth-order valence-electron chi connectivity index (χ4n) is 2.19. The van der Waals surface area contributed by atoms with Gasteiger partial charge in [0.2, 0.25) is 0 Å². The largest absolute Gasteiger partial charge is 0.416 e. The van der Waals surface area contributed by atoms with E-state index >= 15 is 0 Å². The summed E-state index contributed by atoms with van der Waals surface area (Å²) in [5.74, 6) is -0.0361. The van der Waals surface area contributed by atoms with Crippen molar-refractivity contribution < 1.29 is 13.2 Å². The Kier molecular flexibility index (Phi) is 3.40. The Morgan fingerprint density at radius 3 is 2.71 bits per heavy atom. The van der Waals surface area contributed by atoms with Crippen LogP contribution in [0.5, 0.6) is 0 Å². The van der Waals surface area contributed by atoms with Gasteiger partial charge in [0.25, 0.3) is 0 Å². The minimum atomic E-state index is -4.29. The summed E-state index contributed by atoms with van der Waals surface area (Å²) in [6.07, 6.45) is -3.50. The highest BCUT2D eigenvalue weighted by molar-refractivity contribution is 5.30. The second-order valence-electron chi connectivity index (χ2n) is 4.39. The van der Waals surface area contributed by atoms with Crippen molar-refractivity contribution in [2.24, 2.45) is 5.73 Å². The Bertz CT molecular complexity index is 390. The third kappa shape index (κ3) is 2.79. The smallest absolute Gasteiger partial charge is 0.327 e. The van der Waals surface area contributed by atoms with Crippen molar-refractivity contribution in [2.45, 2.75) is 24.6 Å². The van der Waals surface area contributed by atoms with Crippen LogP contribution in [-0.2, 0) is 6.18 Å². The minimum absolute atomic E-state index is 0.0361. The first-order chi connectivity index (χ1) is 7.98. The predicted octanol–water partition coefficient (Wildman–Crippen LogP) is 2.11. The molecule has 2 nitrogen and oxygen atoms in total. The fraction of sp³-hybridized carbons (Fsp3) is 0.500. The van der Waals surface area contributed by atoms with Crippen LogP contribution in [0.4, 0.5) is 13.2 Å². The molecule has 0 radical (unpaired) electrons. The van der Waals surface area contributed by atoms with Crippen LogP contribution < -0.4 is 11.1 Å². The second-order valence-corrected chi connectivity index (χ2v) is 4.39. The Labute approximate surface area is 98.0 Å². The molecule has 1 aromatic carbocycles. The number of nitrogens with two attached hydrogens (primary N) is 1. The molecule has 0 amide bonds. The van der Waals surface area contributed by atoms with Crippen molar-refractivity contribution in [3.63, 3.8) is 0 Å². The molecule has 5 heteroatoms. The van der Waals surface area contributed by atoms with Crippen LogP contribution in [-0.4, -0.2) is 19.1 Å². The molecule has 0 saturated carbocycles. The first kappa shape index (κ1) is 12.4. The van der Waals surface area contributed by atoms with E-state index < -0.39 is 11.7 Å². The lowest BCUT2D eigenvalue weighted by Crippen LogP contribution is -2.43. The molecule has 2 atom stereocenters. The molecule has 1 aromatic rings. The summed E-state index contributed by atoms with van der Waals surface area (Å²) in [6, 6.07) is 5.38. The summed E-state index contributed by atoms with van der Waals surface area (Å²) in [4.78, 5) is 0. The Hall–Kier alpha value is -1.07. The van der Waals surface area contributed by atoms with Gasteiger partial charge >= 0.3 is 6.18 Å². The normalized spacial score (nSPS) is 25.9. The molecule has 1 aliphatic heterocycles. The lowest BCUT2D eigenvalue weighted by Gasteiger charge is -2.30. The van der Waals surface area contributed by atoms with Crippen molar-refractivity contribution in [3.05, 3.63) is 35.4 Å². The summed E-state index contributed by atoms with van der Waals surface area (Å²) >= 11 is 0. The van der Waals surface area contributed by atoms with Crippen LogP contribution in [0.15, 0.2) is 24.3 Å². The van der Waals surface area contributed by atoms with Crippen molar-refractivity contribution in [2.75, 3.05) is 13.1 Å². The van der Waals surface area contributed by atoms with Crippen LogP contribution in [0, 0.1) is 0 Å². The van der Waals surface area contributed by atoms with E-state index in [2.05, 4.69) is 5.32 Å². The average Bonchev–Trinajstić information content (AvgIpc) is 2.29. The SMILES string of the molecule is NC1CCNCC1c1cccc(C(F)(F)F)c1. The van der Waals surface area contributed by atoms with Gasteiger partial charge in [-0.15, -0.1) is 0 Å². The van der Waals surface area contributed by atoms with Crippen LogP contribution in [0.3, 0.4) is 0 Å². The monoisotopic (exact) mass is 244 g/mol. The summed E-state index contributed by atoms with van der Waals surface area (Å²) < 4.78 is 37.8. The molecule has 2 rings (SSSR count). The first-order valence-corrected chi connectivity index (χ1v) is 5.62. The molecule has 2 unspecified atom stereocenters. The fourth-order valence-corrected chi connectivity index (χ4v) is 2.19. The predicted molar refractivity (Wildman–Crippen MR) is 59.6 cm³/mol. The number of hydrogen-bond donors (Lipinski definition) is 2. The highest BCUT2D eigenvalue weighted by atomic mass is 19.4. The first-order valence-electron chi connectivity index (χ1n) is 5.62. The third-order valence-electron chi connectivity index (χ3n) is 3.18. The van der Waals surface area contributed by atoms with Gasteiger partial charge in [0.1, 0.15) is 0 Å². The van der Waals surface area contributed by atoms with E-state index in [4.69, 9.17) is 5.73 Å². The zero-order valence-corrected chi connectivity index (χ0v) is 9.30. The van der Waals surface area contributed by atoms with E-state index in [1.54, 1.807) is 6.07 Å². The highest BCUT2D eigenvalue weighted by Crippen LogP contribution is 2.32.